The van der Waals surface area contributed by atoms with Crippen LogP contribution in [0.4, 0.5) is 0 Å². The fourth-order valence-electron chi connectivity index (χ4n) is 2.12. The average Bonchev–Trinajstić information content (AvgIpc) is 2.76. The second-order valence-corrected chi connectivity index (χ2v) is 4.80. The number of halogens is 1. The van der Waals surface area contributed by atoms with Gasteiger partial charge in [0, 0.05) is 24.0 Å². The molecule has 2 rings (SSSR count). The first-order valence-corrected chi connectivity index (χ1v) is 6.64. The Hall–Kier alpha value is -1.23. The van der Waals surface area contributed by atoms with E-state index >= 15 is 0 Å². The molecule has 5 heteroatoms. The molecule has 0 saturated carbocycles. The first-order valence-electron chi connectivity index (χ1n) is 5.52. The van der Waals surface area contributed by atoms with Gasteiger partial charge < -0.3 is 15.1 Å². The maximum absolute atomic E-state index is 12.2. The molecular weight excluding hydrogens is 286 g/mol. The van der Waals surface area contributed by atoms with Crippen LogP contribution in [-0.4, -0.2) is 38.9 Å². The van der Waals surface area contributed by atoms with Crippen LogP contribution < -0.4 is 0 Å². The Labute approximate surface area is 108 Å². The highest BCUT2D eigenvalue weighted by molar-refractivity contribution is 9.09. The average molecular weight is 300 g/mol. The molecule has 1 aliphatic heterocycles. The summed E-state index contributed by atoms with van der Waals surface area (Å²) in [4.78, 5) is 14.0. The molecule has 0 radical (unpaired) electrons. The summed E-state index contributed by atoms with van der Waals surface area (Å²) in [7, 11) is 0. The molecule has 1 saturated heterocycles. The van der Waals surface area contributed by atoms with E-state index in [1.54, 1.807) is 4.90 Å². The molecule has 2 N–H and O–H groups in total. The lowest BCUT2D eigenvalue weighted by atomic mass is 10.1. The Morgan fingerprint density at radius 3 is 2.88 bits per heavy atom. The van der Waals surface area contributed by atoms with Crippen LogP contribution in [0.3, 0.4) is 0 Å². The van der Waals surface area contributed by atoms with Crippen LogP contribution in [0.5, 0.6) is 11.5 Å². The Morgan fingerprint density at radius 1 is 1.47 bits per heavy atom. The van der Waals surface area contributed by atoms with Crippen molar-refractivity contribution in [2.24, 2.45) is 0 Å². The Balaban J connectivity index is 2.24. The lowest BCUT2D eigenvalue weighted by Crippen LogP contribution is -2.36. The van der Waals surface area contributed by atoms with Crippen LogP contribution >= 0.6 is 15.9 Å². The zero-order valence-corrected chi connectivity index (χ0v) is 10.9. The van der Waals surface area contributed by atoms with E-state index in [0.717, 1.165) is 24.7 Å². The molecule has 1 heterocycles. The molecular formula is C12H14BrNO3. The highest BCUT2D eigenvalue weighted by Crippen LogP contribution is 2.27. The molecule has 0 aliphatic carbocycles. The molecule has 1 amide bonds. The third kappa shape index (κ3) is 2.39. The number of phenols is 2. The summed E-state index contributed by atoms with van der Waals surface area (Å²) in [6.07, 6.45) is 1.97. The van der Waals surface area contributed by atoms with Crippen molar-refractivity contribution in [2.75, 3.05) is 11.9 Å². The van der Waals surface area contributed by atoms with Gasteiger partial charge in [0.2, 0.25) is 0 Å². The van der Waals surface area contributed by atoms with Gasteiger partial charge in [-0.2, -0.15) is 0 Å². The molecule has 17 heavy (non-hydrogen) atoms. The van der Waals surface area contributed by atoms with Gasteiger partial charge in [-0.05, 0) is 25.0 Å². The number of amides is 1. The summed E-state index contributed by atoms with van der Waals surface area (Å²) in [5, 5.41) is 19.6. The van der Waals surface area contributed by atoms with Crippen LogP contribution in [0.15, 0.2) is 18.2 Å². The van der Waals surface area contributed by atoms with Gasteiger partial charge in [0.05, 0.1) is 5.56 Å². The predicted molar refractivity (Wildman–Crippen MR) is 67.6 cm³/mol. The third-order valence-corrected chi connectivity index (χ3v) is 3.78. The molecule has 0 aromatic heterocycles. The van der Waals surface area contributed by atoms with Crippen molar-refractivity contribution in [2.45, 2.75) is 18.9 Å². The Morgan fingerprint density at radius 2 is 2.24 bits per heavy atom. The maximum Gasteiger partial charge on any atom is 0.257 e. The molecule has 1 atom stereocenters. The van der Waals surface area contributed by atoms with Crippen LogP contribution in [0.2, 0.25) is 0 Å². The first-order chi connectivity index (χ1) is 8.13. The van der Waals surface area contributed by atoms with Crippen LogP contribution in [0.25, 0.3) is 0 Å². The summed E-state index contributed by atoms with van der Waals surface area (Å²) in [5.41, 5.74) is 0.246. The molecule has 1 aromatic rings. The number of carbonyl (C=O) groups is 1. The van der Waals surface area contributed by atoms with Gasteiger partial charge in [-0.1, -0.05) is 15.9 Å². The predicted octanol–water partition coefficient (Wildman–Crippen LogP) is 2.10. The molecule has 0 spiro atoms. The topological polar surface area (TPSA) is 60.8 Å². The summed E-state index contributed by atoms with van der Waals surface area (Å²) >= 11 is 3.39. The van der Waals surface area contributed by atoms with Crippen molar-refractivity contribution < 1.29 is 15.0 Å². The minimum Gasteiger partial charge on any atom is -0.508 e. The quantitative estimate of drug-likeness (QED) is 0.822. The van der Waals surface area contributed by atoms with E-state index in [0.29, 0.717) is 0 Å². The van der Waals surface area contributed by atoms with E-state index in [1.165, 1.54) is 18.2 Å². The van der Waals surface area contributed by atoms with Crippen molar-refractivity contribution in [3.8, 4) is 11.5 Å². The number of hydrogen-bond acceptors (Lipinski definition) is 3. The third-order valence-electron chi connectivity index (χ3n) is 3.03. The standard InChI is InChI=1S/C12H14BrNO3/c13-7-8-2-1-5-14(8)12(17)10-4-3-9(15)6-11(10)16/h3-4,6,8,15-16H,1-2,5,7H2. The van der Waals surface area contributed by atoms with E-state index in [9.17, 15) is 15.0 Å². The lowest BCUT2D eigenvalue weighted by Gasteiger charge is -2.23. The highest BCUT2D eigenvalue weighted by atomic mass is 79.9. The van der Waals surface area contributed by atoms with E-state index in [2.05, 4.69) is 15.9 Å². The summed E-state index contributed by atoms with van der Waals surface area (Å²) in [5.74, 6) is -0.391. The Bertz CT molecular complexity index is 436. The van der Waals surface area contributed by atoms with Crippen molar-refractivity contribution in [3.63, 3.8) is 0 Å². The molecule has 1 aromatic carbocycles. The van der Waals surface area contributed by atoms with Gasteiger partial charge in [0.25, 0.3) is 5.91 Å². The monoisotopic (exact) mass is 299 g/mol. The minimum atomic E-state index is -0.176. The van der Waals surface area contributed by atoms with Crippen molar-refractivity contribution >= 4 is 21.8 Å². The van der Waals surface area contributed by atoms with Gasteiger partial charge in [0.15, 0.2) is 0 Å². The van der Waals surface area contributed by atoms with Gasteiger partial charge >= 0.3 is 0 Å². The van der Waals surface area contributed by atoms with Gasteiger partial charge in [-0.15, -0.1) is 0 Å². The highest BCUT2D eigenvalue weighted by Gasteiger charge is 2.29. The van der Waals surface area contributed by atoms with E-state index < -0.39 is 0 Å². The van der Waals surface area contributed by atoms with Crippen LogP contribution in [-0.2, 0) is 0 Å². The fraction of sp³-hybridized carbons (Fsp3) is 0.417. The smallest absolute Gasteiger partial charge is 0.257 e. The summed E-state index contributed by atoms with van der Waals surface area (Å²) in [6, 6.07) is 4.24. The summed E-state index contributed by atoms with van der Waals surface area (Å²) < 4.78 is 0. The number of alkyl halides is 1. The zero-order chi connectivity index (χ0) is 12.4. The second-order valence-electron chi connectivity index (χ2n) is 4.15. The van der Waals surface area contributed by atoms with Crippen molar-refractivity contribution in [1.82, 2.24) is 4.90 Å². The molecule has 1 unspecified atom stereocenters. The van der Waals surface area contributed by atoms with Crippen LogP contribution in [0, 0.1) is 0 Å². The van der Waals surface area contributed by atoms with Crippen molar-refractivity contribution in [1.29, 1.82) is 0 Å². The fourth-order valence-corrected chi connectivity index (χ4v) is 2.79. The largest absolute Gasteiger partial charge is 0.508 e. The van der Waals surface area contributed by atoms with Crippen LogP contribution in [0.1, 0.15) is 23.2 Å². The normalized spacial score (nSPS) is 19.6. The van der Waals surface area contributed by atoms with E-state index in [1.807, 2.05) is 0 Å². The first kappa shape index (κ1) is 12.2. The molecule has 1 fully saturated rings. The Kier molecular flexibility index (Phi) is 3.57. The molecule has 4 nitrogen and oxygen atoms in total. The minimum absolute atomic E-state index is 0.0440. The number of phenolic OH excluding ortho intramolecular Hbond substituents is 2. The number of likely N-dealkylation sites (tertiary alicyclic amines) is 1. The number of rotatable bonds is 2. The maximum atomic E-state index is 12.2. The van der Waals surface area contributed by atoms with Gasteiger partial charge in [0.1, 0.15) is 11.5 Å². The SMILES string of the molecule is O=C(c1ccc(O)cc1O)N1CCCC1CBr. The number of nitrogens with zero attached hydrogens (tertiary/aromatic N) is 1. The van der Waals surface area contributed by atoms with Gasteiger partial charge in [-0.25, -0.2) is 0 Å². The van der Waals surface area contributed by atoms with Gasteiger partial charge in [-0.3, -0.25) is 4.79 Å². The van der Waals surface area contributed by atoms with E-state index in [-0.39, 0.29) is 29.0 Å². The number of benzene rings is 1. The molecule has 92 valence electrons. The molecule has 1 aliphatic rings. The van der Waals surface area contributed by atoms with E-state index in [4.69, 9.17) is 0 Å². The summed E-state index contributed by atoms with van der Waals surface area (Å²) in [6.45, 7) is 0.718. The lowest BCUT2D eigenvalue weighted by molar-refractivity contribution is 0.0747. The molecule has 0 bridgehead atoms. The second kappa shape index (κ2) is 4.96. The number of carbonyl (C=O) groups excluding carboxylic acids is 1. The zero-order valence-electron chi connectivity index (χ0n) is 9.27. The number of hydrogen-bond donors (Lipinski definition) is 2. The number of aromatic hydroxyl groups is 2. The van der Waals surface area contributed by atoms with Crippen molar-refractivity contribution in [3.05, 3.63) is 23.8 Å².